The van der Waals surface area contributed by atoms with E-state index in [4.69, 9.17) is 5.26 Å². The topological polar surface area (TPSA) is 78.7 Å². The number of nitrogens with zero attached hydrogens (tertiary/aromatic N) is 3. The van der Waals surface area contributed by atoms with Crippen molar-refractivity contribution in [3.05, 3.63) is 64.8 Å². The van der Waals surface area contributed by atoms with Gasteiger partial charge in [0.2, 0.25) is 0 Å². The number of anilines is 1. The number of pyridine rings is 1. The molecule has 1 amide bonds. The highest BCUT2D eigenvalue weighted by Crippen LogP contribution is 2.27. The van der Waals surface area contributed by atoms with Crippen molar-refractivity contribution in [3.8, 4) is 16.8 Å². The Morgan fingerprint density at radius 3 is 2.71 bits per heavy atom. The van der Waals surface area contributed by atoms with Gasteiger partial charge in [-0.25, -0.2) is 4.98 Å². The van der Waals surface area contributed by atoms with Crippen LogP contribution in [-0.4, -0.2) is 15.9 Å². The molecule has 2 aromatic heterocycles. The molecule has 5 nitrogen and oxygen atoms in total. The van der Waals surface area contributed by atoms with E-state index in [1.54, 1.807) is 18.3 Å². The maximum Gasteiger partial charge on any atom is 0.267 e. The molecular formula is C18H14N4OS. The molecule has 1 N–H and O–H groups in total. The Hall–Kier alpha value is -3.04. The first-order valence-electron chi connectivity index (χ1n) is 7.33. The van der Waals surface area contributed by atoms with E-state index in [1.165, 1.54) is 11.3 Å². The molecule has 6 heteroatoms. The molecule has 24 heavy (non-hydrogen) atoms. The Morgan fingerprint density at radius 1 is 1.25 bits per heavy atom. The summed E-state index contributed by atoms with van der Waals surface area (Å²) < 4.78 is 0. The van der Waals surface area contributed by atoms with Gasteiger partial charge in [-0.2, -0.15) is 5.26 Å². The number of benzene rings is 1. The second-order valence-corrected chi connectivity index (χ2v) is 6.13. The number of thiazole rings is 1. The molecule has 0 aliphatic heterocycles. The molecule has 0 atom stereocenters. The van der Waals surface area contributed by atoms with Crippen molar-refractivity contribution >= 4 is 22.9 Å². The molecule has 0 aliphatic rings. The number of nitriles is 1. The van der Waals surface area contributed by atoms with Crippen LogP contribution in [0.25, 0.3) is 10.7 Å². The summed E-state index contributed by atoms with van der Waals surface area (Å²) in [5.74, 6) is -0.194. The fraction of sp³-hybridized carbons (Fsp3) is 0.111. The van der Waals surface area contributed by atoms with Gasteiger partial charge in [0, 0.05) is 11.9 Å². The molecule has 0 aliphatic carbocycles. The average molecular weight is 334 g/mol. The SMILES string of the molecule is Cc1nc(-c2ccccn2)sc1C(=O)Nc1ccc(CC#N)cc1. The predicted octanol–water partition coefficient (Wildman–Crippen LogP) is 3.83. The van der Waals surface area contributed by atoms with Crippen LogP contribution in [0.3, 0.4) is 0 Å². The lowest BCUT2D eigenvalue weighted by Gasteiger charge is -2.04. The first-order valence-corrected chi connectivity index (χ1v) is 8.15. The van der Waals surface area contributed by atoms with Crippen molar-refractivity contribution in [3.63, 3.8) is 0 Å². The van der Waals surface area contributed by atoms with Crippen LogP contribution < -0.4 is 5.32 Å². The summed E-state index contributed by atoms with van der Waals surface area (Å²) in [4.78, 5) is 21.7. The highest BCUT2D eigenvalue weighted by Gasteiger charge is 2.16. The lowest BCUT2D eigenvalue weighted by molar-refractivity contribution is 0.103. The van der Waals surface area contributed by atoms with E-state index >= 15 is 0 Å². The molecule has 0 bridgehead atoms. The van der Waals surface area contributed by atoms with Crippen molar-refractivity contribution in [1.82, 2.24) is 9.97 Å². The Morgan fingerprint density at radius 2 is 2.04 bits per heavy atom. The summed E-state index contributed by atoms with van der Waals surface area (Å²) in [7, 11) is 0. The van der Waals surface area contributed by atoms with Crippen molar-refractivity contribution in [1.29, 1.82) is 5.26 Å². The molecule has 3 rings (SSSR count). The van der Waals surface area contributed by atoms with Crippen LogP contribution in [0.5, 0.6) is 0 Å². The molecule has 0 unspecified atom stereocenters. The summed E-state index contributed by atoms with van der Waals surface area (Å²) in [6.07, 6.45) is 2.06. The second-order valence-electron chi connectivity index (χ2n) is 5.13. The smallest absolute Gasteiger partial charge is 0.267 e. The van der Waals surface area contributed by atoms with Crippen LogP contribution in [0.2, 0.25) is 0 Å². The third kappa shape index (κ3) is 3.47. The minimum absolute atomic E-state index is 0.194. The molecule has 0 fully saturated rings. The van der Waals surface area contributed by atoms with E-state index in [0.717, 1.165) is 16.3 Å². The van der Waals surface area contributed by atoms with E-state index < -0.39 is 0 Å². The number of hydrogen-bond acceptors (Lipinski definition) is 5. The minimum atomic E-state index is -0.194. The molecule has 0 saturated carbocycles. The number of carbonyl (C=O) groups is 1. The molecule has 118 valence electrons. The van der Waals surface area contributed by atoms with Gasteiger partial charge < -0.3 is 5.32 Å². The minimum Gasteiger partial charge on any atom is -0.321 e. The number of aryl methyl sites for hydroxylation is 1. The lowest BCUT2D eigenvalue weighted by atomic mass is 10.1. The fourth-order valence-corrected chi connectivity index (χ4v) is 3.13. The van der Waals surface area contributed by atoms with E-state index in [-0.39, 0.29) is 5.91 Å². The largest absolute Gasteiger partial charge is 0.321 e. The number of nitrogens with one attached hydrogen (secondary N) is 1. The molecule has 0 saturated heterocycles. The number of amides is 1. The Balaban J connectivity index is 1.78. The highest BCUT2D eigenvalue weighted by atomic mass is 32.1. The van der Waals surface area contributed by atoms with Crippen molar-refractivity contribution in [2.24, 2.45) is 0 Å². The van der Waals surface area contributed by atoms with Gasteiger partial charge in [0.15, 0.2) is 0 Å². The molecule has 0 spiro atoms. The van der Waals surface area contributed by atoms with E-state index in [0.29, 0.717) is 22.7 Å². The van der Waals surface area contributed by atoms with Crippen LogP contribution in [-0.2, 0) is 6.42 Å². The van der Waals surface area contributed by atoms with Gasteiger partial charge in [0.1, 0.15) is 9.88 Å². The van der Waals surface area contributed by atoms with Crippen LogP contribution in [0.1, 0.15) is 20.9 Å². The van der Waals surface area contributed by atoms with Crippen LogP contribution >= 0.6 is 11.3 Å². The maximum atomic E-state index is 12.5. The summed E-state index contributed by atoms with van der Waals surface area (Å²) in [5, 5.41) is 12.3. The van der Waals surface area contributed by atoms with E-state index in [1.807, 2.05) is 37.3 Å². The monoisotopic (exact) mass is 334 g/mol. The van der Waals surface area contributed by atoms with Gasteiger partial charge in [-0.3, -0.25) is 9.78 Å². The average Bonchev–Trinajstić information content (AvgIpc) is 3.00. The summed E-state index contributed by atoms with van der Waals surface area (Å²) in [6, 6.07) is 14.9. The molecule has 0 radical (unpaired) electrons. The van der Waals surface area contributed by atoms with Crippen molar-refractivity contribution in [2.75, 3.05) is 5.32 Å². The zero-order chi connectivity index (χ0) is 16.9. The second kappa shape index (κ2) is 7.02. The predicted molar refractivity (Wildman–Crippen MR) is 93.8 cm³/mol. The maximum absolute atomic E-state index is 12.5. The molecular weight excluding hydrogens is 320 g/mol. The van der Waals surface area contributed by atoms with Gasteiger partial charge >= 0.3 is 0 Å². The Kier molecular flexibility index (Phi) is 4.64. The van der Waals surface area contributed by atoms with Crippen LogP contribution in [0.15, 0.2) is 48.7 Å². The Labute approximate surface area is 143 Å². The molecule has 3 aromatic rings. The highest BCUT2D eigenvalue weighted by molar-refractivity contribution is 7.17. The quantitative estimate of drug-likeness (QED) is 0.786. The molecule has 2 heterocycles. The molecule has 1 aromatic carbocycles. The number of carbonyl (C=O) groups excluding carboxylic acids is 1. The third-order valence-corrected chi connectivity index (χ3v) is 4.56. The zero-order valence-electron chi connectivity index (χ0n) is 13.0. The lowest BCUT2D eigenvalue weighted by Crippen LogP contribution is -2.11. The third-order valence-electron chi connectivity index (χ3n) is 3.38. The zero-order valence-corrected chi connectivity index (χ0v) is 13.8. The van der Waals surface area contributed by atoms with E-state index in [2.05, 4.69) is 21.4 Å². The first kappa shape index (κ1) is 15.8. The summed E-state index contributed by atoms with van der Waals surface area (Å²) in [5.41, 5.74) is 3.04. The summed E-state index contributed by atoms with van der Waals surface area (Å²) in [6.45, 7) is 1.81. The van der Waals surface area contributed by atoms with Gasteiger partial charge in [0.25, 0.3) is 5.91 Å². The van der Waals surface area contributed by atoms with E-state index in [9.17, 15) is 4.79 Å². The van der Waals surface area contributed by atoms with Gasteiger partial charge in [0.05, 0.1) is 23.9 Å². The van der Waals surface area contributed by atoms with Crippen molar-refractivity contribution in [2.45, 2.75) is 13.3 Å². The fourth-order valence-electron chi connectivity index (χ4n) is 2.19. The number of hydrogen-bond donors (Lipinski definition) is 1. The van der Waals surface area contributed by atoms with Gasteiger partial charge in [-0.15, -0.1) is 11.3 Å². The van der Waals surface area contributed by atoms with Crippen LogP contribution in [0.4, 0.5) is 5.69 Å². The van der Waals surface area contributed by atoms with Crippen LogP contribution in [0, 0.1) is 18.3 Å². The first-order chi connectivity index (χ1) is 11.7. The van der Waals surface area contributed by atoms with Gasteiger partial charge in [-0.05, 0) is 36.8 Å². The standard InChI is InChI=1S/C18H14N4OS/c1-12-16(24-18(21-12)15-4-2-3-11-20-15)17(23)22-14-7-5-13(6-8-14)9-10-19/h2-8,11H,9H2,1H3,(H,22,23). The number of rotatable bonds is 4. The van der Waals surface area contributed by atoms with Gasteiger partial charge in [-0.1, -0.05) is 18.2 Å². The summed E-state index contributed by atoms with van der Waals surface area (Å²) >= 11 is 1.32. The van der Waals surface area contributed by atoms with Crippen molar-refractivity contribution < 1.29 is 4.79 Å². The Bertz CT molecular complexity index is 895. The number of aromatic nitrogens is 2. The normalized spacial score (nSPS) is 10.2.